The number of sulfone groups is 1. The number of amides is 1. The minimum atomic E-state index is -3.33. The Morgan fingerprint density at radius 2 is 1.90 bits per heavy atom. The van der Waals surface area contributed by atoms with E-state index in [0.717, 1.165) is 35.3 Å². The number of benzene rings is 2. The van der Waals surface area contributed by atoms with E-state index in [2.05, 4.69) is 5.32 Å². The summed E-state index contributed by atoms with van der Waals surface area (Å²) in [7, 11) is -1.72. The molecule has 1 aliphatic carbocycles. The molecule has 30 heavy (non-hydrogen) atoms. The lowest BCUT2D eigenvalue weighted by Gasteiger charge is -2.35. The third-order valence-electron chi connectivity index (χ3n) is 5.67. The predicted octanol–water partition coefficient (Wildman–Crippen LogP) is 2.76. The third kappa shape index (κ3) is 4.68. The van der Waals surface area contributed by atoms with Crippen molar-refractivity contribution in [1.82, 2.24) is 5.32 Å². The third-order valence-corrected chi connectivity index (χ3v) is 7.84. The number of aryl methyl sites for hydroxylation is 1. The van der Waals surface area contributed by atoms with E-state index in [9.17, 15) is 18.3 Å². The Kier molecular flexibility index (Phi) is 6.53. The highest BCUT2D eigenvalue weighted by atomic mass is 32.2. The van der Waals surface area contributed by atoms with Gasteiger partial charge in [0.25, 0.3) is 0 Å². The van der Waals surface area contributed by atoms with Crippen LogP contribution in [0.1, 0.15) is 43.4 Å². The lowest BCUT2D eigenvalue weighted by Crippen LogP contribution is -2.43. The van der Waals surface area contributed by atoms with Gasteiger partial charge in [0.1, 0.15) is 11.4 Å². The average Bonchev–Trinajstić information content (AvgIpc) is 2.72. The molecule has 0 aliphatic heterocycles. The molecule has 2 aromatic carbocycles. The lowest BCUT2D eigenvalue weighted by atomic mass is 9.79. The summed E-state index contributed by atoms with van der Waals surface area (Å²) >= 11 is 0. The zero-order valence-electron chi connectivity index (χ0n) is 17.6. The van der Waals surface area contributed by atoms with E-state index in [-0.39, 0.29) is 23.8 Å². The molecule has 2 aromatic rings. The van der Waals surface area contributed by atoms with Crippen molar-refractivity contribution in [3.05, 3.63) is 59.2 Å². The first-order chi connectivity index (χ1) is 14.2. The van der Waals surface area contributed by atoms with Crippen LogP contribution in [0.5, 0.6) is 5.75 Å². The number of hydrogen-bond acceptors (Lipinski definition) is 5. The van der Waals surface area contributed by atoms with Crippen LogP contribution in [0, 0.1) is 0 Å². The maximum Gasteiger partial charge on any atom is 0.224 e. The van der Waals surface area contributed by atoms with Gasteiger partial charge in [0.05, 0.1) is 30.2 Å². The molecule has 0 saturated heterocycles. The molecule has 3 rings (SSSR count). The number of fused-ring (bicyclic) bond motifs is 1. The van der Waals surface area contributed by atoms with Crippen LogP contribution in [0.25, 0.3) is 0 Å². The topological polar surface area (TPSA) is 92.7 Å². The first-order valence-electron chi connectivity index (χ1n) is 10.1. The molecule has 0 fully saturated rings. The average molecular weight is 432 g/mol. The van der Waals surface area contributed by atoms with Gasteiger partial charge in [-0.2, -0.15) is 0 Å². The number of carbonyl (C=O) groups excluding carboxylic acids is 1. The number of hydrogen-bond donors (Lipinski definition) is 2. The van der Waals surface area contributed by atoms with Gasteiger partial charge in [-0.1, -0.05) is 18.2 Å². The van der Waals surface area contributed by atoms with E-state index in [4.69, 9.17) is 4.74 Å². The Balaban J connectivity index is 1.64. The van der Waals surface area contributed by atoms with E-state index in [1.807, 2.05) is 18.2 Å². The van der Waals surface area contributed by atoms with Gasteiger partial charge in [0, 0.05) is 0 Å². The minimum absolute atomic E-state index is 0.119. The van der Waals surface area contributed by atoms with Gasteiger partial charge < -0.3 is 15.2 Å². The largest absolute Gasteiger partial charge is 0.497 e. The molecule has 7 heteroatoms. The van der Waals surface area contributed by atoms with Crippen LogP contribution < -0.4 is 10.1 Å². The summed E-state index contributed by atoms with van der Waals surface area (Å²) in [5.41, 5.74) is 1.48. The molecule has 0 aromatic heterocycles. The monoisotopic (exact) mass is 431 g/mol. The van der Waals surface area contributed by atoms with Crippen LogP contribution >= 0.6 is 0 Å². The molecule has 0 spiro atoms. The number of aliphatic hydroxyl groups is 1. The quantitative estimate of drug-likeness (QED) is 0.703. The predicted molar refractivity (Wildman–Crippen MR) is 115 cm³/mol. The summed E-state index contributed by atoms with van der Waals surface area (Å²) in [6.07, 6.45) is 2.40. The Morgan fingerprint density at radius 3 is 2.53 bits per heavy atom. The summed E-state index contributed by atoms with van der Waals surface area (Å²) in [5.74, 6) is 0.536. The van der Waals surface area contributed by atoms with Crippen LogP contribution in [-0.4, -0.2) is 38.3 Å². The van der Waals surface area contributed by atoms with Crippen molar-refractivity contribution in [2.75, 3.05) is 13.7 Å². The molecule has 0 radical (unpaired) electrons. The molecular formula is C23H29NO5S. The number of ether oxygens (including phenoxy) is 1. The van der Waals surface area contributed by atoms with Crippen molar-refractivity contribution in [3.8, 4) is 5.75 Å². The fraction of sp³-hybridized carbons (Fsp3) is 0.435. The first kappa shape index (κ1) is 22.3. The molecule has 1 unspecified atom stereocenters. The van der Waals surface area contributed by atoms with Crippen molar-refractivity contribution in [2.45, 2.75) is 55.3 Å². The maximum absolute atomic E-state index is 12.4. The van der Waals surface area contributed by atoms with Crippen molar-refractivity contribution in [1.29, 1.82) is 0 Å². The molecular weight excluding hydrogens is 402 g/mol. The molecule has 1 atom stereocenters. The second-order valence-corrected chi connectivity index (χ2v) is 10.6. The van der Waals surface area contributed by atoms with Gasteiger partial charge in [0.2, 0.25) is 5.91 Å². The zero-order chi connectivity index (χ0) is 21.9. The fourth-order valence-corrected chi connectivity index (χ4v) is 4.87. The van der Waals surface area contributed by atoms with Crippen molar-refractivity contribution in [3.63, 3.8) is 0 Å². The van der Waals surface area contributed by atoms with Crippen molar-refractivity contribution < 1.29 is 23.1 Å². The SMILES string of the molecule is COc1ccc2c(c1)CCCC2(O)CNC(=O)Cc1ccc(S(=O)(=O)C(C)C)cc1. The van der Waals surface area contributed by atoms with E-state index in [0.29, 0.717) is 6.42 Å². The highest BCUT2D eigenvalue weighted by Crippen LogP contribution is 2.36. The maximum atomic E-state index is 12.4. The Hall–Kier alpha value is -2.38. The van der Waals surface area contributed by atoms with E-state index >= 15 is 0 Å². The van der Waals surface area contributed by atoms with Crippen molar-refractivity contribution in [2.24, 2.45) is 0 Å². The second kappa shape index (κ2) is 8.78. The summed E-state index contributed by atoms with van der Waals surface area (Å²) in [6.45, 7) is 3.41. The molecule has 1 aliphatic rings. The minimum Gasteiger partial charge on any atom is -0.497 e. The first-order valence-corrected chi connectivity index (χ1v) is 11.7. The zero-order valence-corrected chi connectivity index (χ0v) is 18.5. The van der Waals surface area contributed by atoms with E-state index in [1.165, 1.54) is 12.1 Å². The molecule has 0 bridgehead atoms. The lowest BCUT2D eigenvalue weighted by molar-refractivity contribution is -0.122. The van der Waals surface area contributed by atoms with Gasteiger partial charge in [0.15, 0.2) is 9.84 Å². The van der Waals surface area contributed by atoms with Crippen LogP contribution in [0.4, 0.5) is 0 Å². The summed E-state index contributed by atoms with van der Waals surface area (Å²) in [4.78, 5) is 12.7. The van der Waals surface area contributed by atoms with Crippen LogP contribution in [0.3, 0.4) is 0 Å². The second-order valence-electron chi connectivity index (χ2n) is 8.10. The van der Waals surface area contributed by atoms with Gasteiger partial charge in [-0.15, -0.1) is 0 Å². The molecule has 2 N–H and O–H groups in total. The Morgan fingerprint density at radius 1 is 1.20 bits per heavy atom. The van der Waals surface area contributed by atoms with Gasteiger partial charge in [-0.3, -0.25) is 4.79 Å². The van der Waals surface area contributed by atoms with E-state index in [1.54, 1.807) is 33.1 Å². The van der Waals surface area contributed by atoms with Gasteiger partial charge >= 0.3 is 0 Å². The number of rotatable bonds is 7. The number of carbonyl (C=O) groups is 1. The van der Waals surface area contributed by atoms with Crippen LogP contribution in [0.2, 0.25) is 0 Å². The van der Waals surface area contributed by atoms with Gasteiger partial charge in [-0.05, 0) is 74.1 Å². The number of nitrogens with one attached hydrogen (secondary N) is 1. The van der Waals surface area contributed by atoms with Crippen LogP contribution in [0.15, 0.2) is 47.4 Å². The Bertz CT molecular complexity index is 1010. The molecule has 1 amide bonds. The van der Waals surface area contributed by atoms with Gasteiger partial charge in [-0.25, -0.2) is 8.42 Å². The van der Waals surface area contributed by atoms with Crippen molar-refractivity contribution >= 4 is 15.7 Å². The summed E-state index contributed by atoms with van der Waals surface area (Å²) in [6, 6.07) is 12.0. The summed E-state index contributed by atoms with van der Waals surface area (Å²) < 4.78 is 29.7. The smallest absolute Gasteiger partial charge is 0.224 e. The highest BCUT2D eigenvalue weighted by Gasteiger charge is 2.34. The standard InChI is InChI=1S/C23H29NO5S/c1-16(2)30(27,28)20-9-6-17(7-10-20)13-22(25)24-15-23(26)12-4-5-18-14-19(29-3)8-11-21(18)23/h6-11,14,16,26H,4-5,12-13,15H2,1-3H3,(H,24,25). The Labute approximate surface area is 178 Å². The number of methoxy groups -OCH3 is 1. The highest BCUT2D eigenvalue weighted by molar-refractivity contribution is 7.92. The molecule has 162 valence electrons. The normalized spacial score (nSPS) is 18.7. The summed E-state index contributed by atoms with van der Waals surface area (Å²) in [5, 5.41) is 13.5. The van der Waals surface area contributed by atoms with E-state index < -0.39 is 20.7 Å². The van der Waals surface area contributed by atoms with Crippen LogP contribution in [-0.2, 0) is 33.1 Å². The molecule has 0 saturated carbocycles. The molecule has 0 heterocycles. The molecule has 6 nitrogen and oxygen atoms in total. The fourth-order valence-electron chi connectivity index (χ4n) is 3.81.